The molecule has 0 aliphatic heterocycles. The summed E-state index contributed by atoms with van der Waals surface area (Å²) in [6, 6.07) is 5.55. The monoisotopic (exact) mass is 250 g/mol. The number of aromatic nitrogens is 4. The van der Waals surface area contributed by atoms with E-state index in [4.69, 9.17) is 15.2 Å². The van der Waals surface area contributed by atoms with Crippen LogP contribution in [-0.4, -0.2) is 34.5 Å². The molecule has 0 atom stereocenters. The van der Waals surface area contributed by atoms with E-state index in [1.54, 1.807) is 20.3 Å². The zero-order valence-electron chi connectivity index (χ0n) is 10.1. The molecule has 0 saturated heterocycles. The van der Waals surface area contributed by atoms with Crippen LogP contribution in [0.2, 0.25) is 0 Å². The number of nitrogens with zero attached hydrogens (tertiary/aromatic N) is 4. The summed E-state index contributed by atoms with van der Waals surface area (Å²) in [5, 5.41) is 10.7. The van der Waals surface area contributed by atoms with Crippen molar-refractivity contribution in [2.75, 3.05) is 25.4 Å². The SMILES string of the molecule is COc1ccc(CNn2nnnc2N)c(OC)c1. The molecule has 0 amide bonds. The van der Waals surface area contributed by atoms with E-state index in [-0.39, 0.29) is 5.95 Å². The molecule has 0 unspecified atom stereocenters. The van der Waals surface area contributed by atoms with Crippen LogP contribution in [0.5, 0.6) is 11.5 Å². The minimum Gasteiger partial charge on any atom is -0.497 e. The number of hydrogen-bond acceptors (Lipinski definition) is 7. The number of nitrogen functional groups attached to an aromatic ring is 1. The average Bonchev–Trinajstić information content (AvgIpc) is 2.81. The van der Waals surface area contributed by atoms with Crippen molar-refractivity contribution in [1.82, 2.24) is 20.3 Å². The topological polar surface area (TPSA) is 100 Å². The maximum Gasteiger partial charge on any atom is 0.260 e. The molecule has 0 fully saturated rings. The van der Waals surface area contributed by atoms with Crippen molar-refractivity contribution in [3.8, 4) is 11.5 Å². The molecule has 96 valence electrons. The van der Waals surface area contributed by atoms with Gasteiger partial charge in [-0.2, -0.15) is 0 Å². The molecule has 0 radical (unpaired) electrons. The second-order valence-corrected chi connectivity index (χ2v) is 3.46. The van der Waals surface area contributed by atoms with Crippen molar-refractivity contribution in [2.24, 2.45) is 0 Å². The van der Waals surface area contributed by atoms with Crippen LogP contribution in [0.1, 0.15) is 5.56 Å². The molecule has 1 aromatic heterocycles. The predicted octanol–water partition coefficient (Wildman–Crippen LogP) is 0.0162. The van der Waals surface area contributed by atoms with Gasteiger partial charge in [-0.1, -0.05) is 5.10 Å². The van der Waals surface area contributed by atoms with Gasteiger partial charge >= 0.3 is 0 Å². The van der Waals surface area contributed by atoms with Crippen LogP contribution < -0.4 is 20.6 Å². The van der Waals surface area contributed by atoms with Gasteiger partial charge in [0.25, 0.3) is 5.95 Å². The molecule has 0 bridgehead atoms. The van der Waals surface area contributed by atoms with Gasteiger partial charge in [-0.15, -0.1) is 4.79 Å². The molecular formula is C10H14N6O2. The molecule has 18 heavy (non-hydrogen) atoms. The first-order valence-electron chi connectivity index (χ1n) is 5.23. The Bertz CT molecular complexity index is 527. The number of hydrogen-bond donors (Lipinski definition) is 2. The van der Waals surface area contributed by atoms with E-state index >= 15 is 0 Å². The van der Waals surface area contributed by atoms with Crippen LogP contribution in [0.15, 0.2) is 18.2 Å². The lowest BCUT2D eigenvalue weighted by Gasteiger charge is -2.11. The van der Waals surface area contributed by atoms with E-state index in [2.05, 4.69) is 21.0 Å². The summed E-state index contributed by atoms with van der Waals surface area (Å²) in [7, 11) is 3.21. The first-order valence-corrected chi connectivity index (χ1v) is 5.23. The van der Waals surface area contributed by atoms with Crippen molar-refractivity contribution in [3.63, 3.8) is 0 Å². The fourth-order valence-corrected chi connectivity index (χ4v) is 1.46. The largest absolute Gasteiger partial charge is 0.497 e. The number of nitrogens with one attached hydrogen (secondary N) is 1. The minimum atomic E-state index is 0.197. The Kier molecular flexibility index (Phi) is 3.46. The van der Waals surface area contributed by atoms with Crippen molar-refractivity contribution in [3.05, 3.63) is 23.8 Å². The molecule has 1 aromatic carbocycles. The number of nitrogens with two attached hydrogens (primary N) is 1. The minimum absolute atomic E-state index is 0.197. The maximum absolute atomic E-state index is 5.53. The molecule has 2 rings (SSSR count). The van der Waals surface area contributed by atoms with Crippen molar-refractivity contribution in [2.45, 2.75) is 6.54 Å². The molecule has 8 heteroatoms. The van der Waals surface area contributed by atoms with Crippen molar-refractivity contribution >= 4 is 5.95 Å². The lowest BCUT2D eigenvalue weighted by molar-refractivity contribution is 0.391. The average molecular weight is 250 g/mol. The Hall–Kier alpha value is -2.51. The van der Waals surface area contributed by atoms with Crippen LogP contribution in [0.25, 0.3) is 0 Å². The van der Waals surface area contributed by atoms with E-state index in [0.717, 1.165) is 11.3 Å². The summed E-state index contributed by atoms with van der Waals surface area (Å²) < 4.78 is 10.4. The highest BCUT2D eigenvalue weighted by molar-refractivity contribution is 5.41. The highest BCUT2D eigenvalue weighted by atomic mass is 16.5. The number of ether oxygens (including phenoxy) is 2. The number of tetrazole rings is 1. The third-order valence-corrected chi connectivity index (χ3v) is 2.41. The molecule has 1 heterocycles. The highest BCUT2D eigenvalue weighted by Gasteiger charge is 2.06. The standard InChI is InChI=1S/C10H14N6O2/c1-17-8-4-3-7(9(5-8)18-2)6-12-16-10(11)13-14-15-16/h3-5,12H,6H2,1-2H3,(H2,11,13,15). The van der Waals surface area contributed by atoms with Gasteiger partial charge in [0.2, 0.25) is 0 Å². The molecule has 0 aliphatic carbocycles. The summed E-state index contributed by atoms with van der Waals surface area (Å²) >= 11 is 0. The molecule has 0 saturated carbocycles. The first kappa shape index (κ1) is 12.0. The summed E-state index contributed by atoms with van der Waals surface area (Å²) in [5.74, 6) is 1.65. The second kappa shape index (κ2) is 5.21. The molecule has 0 aliphatic rings. The fraction of sp³-hybridized carbons (Fsp3) is 0.300. The summed E-state index contributed by atoms with van der Waals surface area (Å²) in [5.41, 5.74) is 9.43. The molecule has 8 nitrogen and oxygen atoms in total. The summed E-state index contributed by atoms with van der Waals surface area (Å²) in [6.45, 7) is 0.475. The Labute approximate surface area is 104 Å². The van der Waals surface area contributed by atoms with Crippen molar-refractivity contribution in [1.29, 1.82) is 0 Å². The Morgan fingerprint density at radius 1 is 1.33 bits per heavy atom. The second-order valence-electron chi connectivity index (χ2n) is 3.46. The van der Waals surface area contributed by atoms with Crippen LogP contribution in [0.3, 0.4) is 0 Å². The van der Waals surface area contributed by atoms with E-state index in [9.17, 15) is 0 Å². The third kappa shape index (κ3) is 2.42. The van der Waals surface area contributed by atoms with Crippen LogP contribution in [0.4, 0.5) is 5.95 Å². The number of anilines is 1. The van der Waals surface area contributed by atoms with Gasteiger partial charge in [0.1, 0.15) is 11.5 Å². The van der Waals surface area contributed by atoms with Gasteiger partial charge < -0.3 is 20.6 Å². The van der Waals surface area contributed by atoms with E-state index in [1.807, 2.05) is 12.1 Å². The highest BCUT2D eigenvalue weighted by Crippen LogP contribution is 2.24. The molecular weight excluding hydrogens is 236 g/mol. The number of benzene rings is 1. The van der Waals surface area contributed by atoms with Gasteiger partial charge in [0.15, 0.2) is 0 Å². The zero-order valence-corrected chi connectivity index (χ0v) is 10.1. The van der Waals surface area contributed by atoms with Crippen LogP contribution >= 0.6 is 0 Å². The van der Waals surface area contributed by atoms with Crippen LogP contribution in [0, 0.1) is 0 Å². The molecule has 0 spiro atoms. The maximum atomic E-state index is 5.53. The Balaban J connectivity index is 2.11. The lowest BCUT2D eigenvalue weighted by Crippen LogP contribution is -2.18. The van der Waals surface area contributed by atoms with E-state index < -0.39 is 0 Å². The van der Waals surface area contributed by atoms with Crippen LogP contribution in [-0.2, 0) is 6.54 Å². The van der Waals surface area contributed by atoms with Crippen molar-refractivity contribution < 1.29 is 9.47 Å². The summed E-state index contributed by atoms with van der Waals surface area (Å²) in [4.78, 5) is 1.30. The predicted molar refractivity (Wildman–Crippen MR) is 64.8 cm³/mol. The van der Waals surface area contributed by atoms with E-state index in [1.165, 1.54) is 4.79 Å². The zero-order chi connectivity index (χ0) is 13.0. The molecule has 3 N–H and O–H groups in total. The quantitative estimate of drug-likeness (QED) is 0.771. The van der Waals surface area contributed by atoms with Gasteiger partial charge in [-0.3, -0.25) is 0 Å². The molecule has 2 aromatic rings. The number of rotatable bonds is 5. The van der Waals surface area contributed by atoms with E-state index in [0.29, 0.717) is 12.3 Å². The first-order chi connectivity index (χ1) is 8.74. The Morgan fingerprint density at radius 3 is 2.78 bits per heavy atom. The van der Waals surface area contributed by atoms with Gasteiger partial charge in [-0.25, -0.2) is 0 Å². The van der Waals surface area contributed by atoms with Gasteiger partial charge in [0, 0.05) is 11.6 Å². The number of methoxy groups -OCH3 is 2. The Morgan fingerprint density at radius 2 is 2.17 bits per heavy atom. The lowest BCUT2D eigenvalue weighted by atomic mass is 10.2. The normalized spacial score (nSPS) is 10.1. The fourth-order valence-electron chi connectivity index (χ4n) is 1.46. The smallest absolute Gasteiger partial charge is 0.260 e. The summed E-state index contributed by atoms with van der Waals surface area (Å²) in [6.07, 6.45) is 0. The third-order valence-electron chi connectivity index (χ3n) is 2.41. The van der Waals surface area contributed by atoms with Gasteiger partial charge in [0.05, 0.1) is 20.8 Å². The van der Waals surface area contributed by atoms with Gasteiger partial charge in [-0.05, 0) is 22.6 Å².